The first kappa shape index (κ1) is 16.2. The van der Waals surface area contributed by atoms with Crippen LogP contribution in [0.4, 0.5) is 0 Å². The van der Waals surface area contributed by atoms with Crippen LogP contribution in [0.1, 0.15) is 24.0 Å². The number of rotatable bonds is 6. The number of carbonyl (C=O) groups is 1. The summed E-state index contributed by atoms with van der Waals surface area (Å²) in [5.74, 6) is 0.123. The lowest BCUT2D eigenvalue weighted by Crippen LogP contribution is -2.40. The van der Waals surface area contributed by atoms with E-state index in [2.05, 4.69) is 15.9 Å². The predicted molar refractivity (Wildman–Crippen MR) is 94.0 cm³/mol. The molecule has 1 N–H and O–H groups in total. The van der Waals surface area contributed by atoms with E-state index in [1.54, 1.807) is 4.90 Å². The van der Waals surface area contributed by atoms with E-state index in [0.29, 0.717) is 13.1 Å². The molecule has 1 aliphatic rings. The van der Waals surface area contributed by atoms with Crippen LogP contribution in [0.2, 0.25) is 0 Å². The van der Waals surface area contributed by atoms with E-state index in [1.165, 1.54) is 0 Å². The normalized spacial score (nSPS) is 15.2. The summed E-state index contributed by atoms with van der Waals surface area (Å²) < 4.78 is 1.01. The minimum absolute atomic E-state index is 0.0189. The van der Waals surface area contributed by atoms with Crippen molar-refractivity contribution in [3.05, 3.63) is 70.2 Å². The molecule has 4 heteroatoms. The number of amides is 1. The molecule has 2 aromatic carbocycles. The molecule has 0 heterocycles. The fourth-order valence-corrected chi connectivity index (χ4v) is 3.26. The van der Waals surface area contributed by atoms with Gasteiger partial charge in [0.05, 0.1) is 12.0 Å². The van der Waals surface area contributed by atoms with E-state index in [-0.39, 0.29) is 12.5 Å². The summed E-state index contributed by atoms with van der Waals surface area (Å²) in [5.41, 5.74) is 1.76. The molecule has 1 aliphatic carbocycles. The van der Waals surface area contributed by atoms with Crippen molar-refractivity contribution in [1.29, 1.82) is 0 Å². The Morgan fingerprint density at radius 3 is 2.30 bits per heavy atom. The van der Waals surface area contributed by atoms with E-state index >= 15 is 0 Å². The summed E-state index contributed by atoms with van der Waals surface area (Å²) in [6.07, 6.45) is 1.76. The monoisotopic (exact) mass is 373 g/mol. The first-order valence-electron chi connectivity index (χ1n) is 7.86. The highest BCUT2D eigenvalue weighted by molar-refractivity contribution is 9.10. The largest absolute Gasteiger partial charge is 0.395 e. The van der Waals surface area contributed by atoms with Crippen molar-refractivity contribution in [3.8, 4) is 0 Å². The first-order valence-corrected chi connectivity index (χ1v) is 8.65. The van der Waals surface area contributed by atoms with Crippen LogP contribution >= 0.6 is 15.9 Å². The number of hydrogen-bond acceptors (Lipinski definition) is 2. The summed E-state index contributed by atoms with van der Waals surface area (Å²) in [6, 6.07) is 17.9. The maximum absolute atomic E-state index is 13.1. The minimum Gasteiger partial charge on any atom is -0.395 e. The second-order valence-corrected chi connectivity index (χ2v) is 6.94. The molecule has 0 spiro atoms. The maximum Gasteiger partial charge on any atom is 0.233 e. The average molecular weight is 374 g/mol. The number of aliphatic hydroxyl groups excluding tert-OH is 1. The van der Waals surface area contributed by atoms with Crippen molar-refractivity contribution in [2.24, 2.45) is 0 Å². The average Bonchev–Trinajstić information content (AvgIpc) is 3.37. The molecular weight excluding hydrogens is 354 g/mol. The quantitative estimate of drug-likeness (QED) is 0.841. The molecule has 3 nitrogen and oxygen atoms in total. The predicted octanol–water partition coefficient (Wildman–Crippen LogP) is 3.50. The fraction of sp³-hybridized carbons (Fsp3) is 0.316. The molecule has 0 radical (unpaired) electrons. The Balaban J connectivity index is 1.82. The number of carbonyl (C=O) groups excluding carboxylic acids is 1. The second kappa shape index (κ2) is 6.85. The van der Waals surface area contributed by atoms with Gasteiger partial charge >= 0.3 is 0 Å². The highest BCUT2D eigenvalue weighted by Crippen LogP contribution is 2.50. The molecule has 1 amide bonds. The number of nitrogens with zero attached hydrogens (tertiary/aromatic N) is 1. The van der Waals surface area contributed by atoms with Crippen molar-refractivity contribution in [2.45, 2.75) is 24.8 Å². The SMILES string of the molecule is O=C(N(CCO)Cc1ccccc1)C1(c2ccc(Br)cc2)CC1. The Bertz CT molecular complexity index is 666. The summed E-state index contributed by atoms with van der Waals surface area (Å²) >= 11 is 3.44. The Kier molecular flexibility index (Phi) is 4.83. The third-order valence-electron chi connectivity index (χ3n) is 4.43. The Hall–Kier alpha value is -1.65. The zero-order valence-corrected chi connectivity index (χ0v) is 14.5. The van der Waals surface area contributed by atoms with E-state index in [9.17, 15) is 9.90 Å². The topological polar surface area (TPSA) is 40.5 Å². The highest BCUT2D eigenvalue weighted by Gasteiger charge is 2.52. The van der Waals surface area contributed by atoms with Crippen LogP contribution in [0, 0.1) is 0 Å². The molecule has 3 rings (SSSR count). The summed E-state index contributed by atoms with van der Waals surface area (Å²) in [5, 5.41) is 9.36. The van der Waals surface area contributed by atoms with Crippen molar-refractivity contribution in [3.63, 3.8) is 0 Å². The van der Waals surface area contributed by atoms with Gasteiger partial charge in [-0.3, -0.25) is 4.79 Å². The van der Waals surface area contributed by atoms with Gasteiger partial charge in [-0.25, -0.2) is 0 Å². The molecule has 2 aromatic rings. The van der Waals surface area contributed by atoms with Crippen molar-refractivity contribution >= 4 is 21.8 Å². The van der Waals surface area contributed by atoms with Crippen LogP contribution in [0.15, 0.2) is 59.1 Å². The lowest BCUT2D eigenvalue weighted by molar-refractivity contribution is -0.135. The number of halogens is 1. The molecule has 1 saturated carbocycles. The molecule has 0 saturated heterocycles. The number of benzene rings is 2. The van der Waals surface area contributed by atoms with Crippen LogP contribution in [0.3, 0.4) is 0 Å². The number of hydrogen-bond donors (Lipinski definition) is 1. The second-order valence-electron chi connectivity index (χ2n) is 6.02. The molecule has 1 fully saturated rings. The van der Waals surface area contributed by atoms with Gasteiger partial charge in [0.2, 0.25) is 5.91 Å². The zero-order valence-electron chi connectivity index (χ0n) is 12.9. The third-order valence-corrected chi connectivity index (χ3v) is 4.96. The van der Waals surface area contributed by atoms with Crippen LogP contribution in [0.5, 0.6) is 0 Å². The maximum atomic E-state index is 13.1. The van der Waals surface area contributed by atoms with Gasteiger partial charge in [0, 0.05) is 17.6 Å². The summed E-state index contributed by atoms with van der Waals surface area (Å²) in [4.78, 5) is 14.9. The van der Waals surface area contributed by atoms with E-state index in [4.69, 9.17) is 0 Å². The summed E-state index contributed by atoms with van der Waals surface area (Å²) in [6.45, 7) is 0.888. The molecule has 0 unspecified atom stereocenters. The lowest BCUT2D eigenvalue weighted by Gasteiger charge is -2.27. The summed E-state index contributed by atoms with van der Waals surface area (Å²) in [7, 11) is 0. The van der Waals surface area contributed by atoms with Gasteiger partial charge in [0.1, 0.15) is 0 Å². The number of aliphatic hydroxyl groups is 1. The van der Waals surface area contributed by atoms with E-state index in [0.717, 1.165) is 28.4 Å². The molecular formula is C19H20BrNO2. The Labute approximate surface area is 145 Å². The third kappa shape index (κ3) is 3.48. The molecule has 0 aromatic heterocycles. The lowest BCUT2D eigenvalue weighted by atomic mass is 9.94. The van der Waals surface area contributed by atoms with Gasteiger partial charge in [0.25, 0.3) is 0 Å². The van der Waals surface area contributed by atoms with E-state index in [1.807, 2.05) is 54.6 Å². The highest BCUT2D eigenvalue weighted by atomic mass is 79.9. The fourth-order valence-electron chi connectivity index (χ4n) is 3.00. The Morgan fingerprint density at radius 1 is 1.09 bits per heavy atom. The van der Waals surface area contributed by atoms with Gasteiger partial charge in [-0.2, -0.15) is 0 Å². The van der Waals surface area contributed by atoms with Gasteiger partial charge in [-0.1, -0.05) is 58.4 Å². The standard InChI is InChI=1S/C19H20BrNO2/c20-17-8-6-16(7-9-17)19(10-11-19)18(23)21(12-13-22)14-15-4-2-1-3-5-15/h1-9,22H,10-14H2. The van der Waals surface area contributed by atoms with Crippen molar-refractivity contribution in [1.82, 2.24) is 4.90 Å². The van der Waals surface area contributed by atoms with Crippen molar-refractivity contribution < 1.29 is 9.90 Å². The smallest absolute Gasteiger partial charge is 0.233 e. The van der Waals surface area contributed by atoms with Gasteiger partial charge in [0.15, 0.2) is 0 Å². The van der Waals surface area contributed by atoms with Crippen LogP contribution < -0.4 is 0 Å². The van der Waals surface area contributed by atoms with Gasteiger partial charge in [-0.05, 0) is 36.1 Å². The zero-order chi connectivity index (χ0) is 16.3. The van der Waals surface area contributed by atoms with Gasteiger partial charge in [-0.15, -0.1) is 0 Å². The van der Waals surface area contributed by atoms with Crippen LogP contribution in [-0.4, -0.2) is 29.1 Å². The molecule has 120 valence electrons. The minimum atomic E-state index is -0.398. The van der Waals surface area contributed by atoms with Crippen molar-refractivity contribution in [2.75, 3.05) is 13.2 Å². The molecule has 0 aliphatic heterocycles. The Morgan fingerprint density at radius 2 is 1.74 bits per heavy atom. The van der Waals surface area contributed by atoms with Crippen LogP contribution in [-0.2, 0) is 16.8 Å². The molecule has 23 heavy (non-hydrogen) atoms. The van der Waals surface area contributed by atoms with Gasteiger partial charge < -0.3 is 10.0 Å². The van der Waals surface area contributed by atoms with Crippen LogP contribution in [0.25, 0.3) is 0 Å². The first-order chi connectivity index (χ1) is 11.2. The molecule has 0 bridgehead atoms. The molecule has 0 atom stereocenters. The van der Waals surface area contributed by atoms with E-state index < -0.39 is 5.41 Å².